The second-order valence-corrected chi connectivity index (χ2v) is 4.98. The number of phenols is 1. The van der Waals surface area contributed by atoms with Crippen LogP contribution in [0, 0.1) is 5.92 Å². The first kappa shape index (κ1) is 14.3. The molecule has 20 heavy (non-hydrogen) atoms. The predicted molar refractivity (Wildman–Crippen MR) is 71.5 cm³/mol. The van der Waals surface area contributed by atoms with Crippen molar-refractivity contribution in [2.24, 2.45) is 5.92 Å². The average Bonchev–Trinajstić information content (AvgIpc) is 2.79. The zero-order chi connectivity index (χ0) is 14.7. The summed E-state index contributed by atoms with van der Waals surface area (Å²) >= 11 is 6.00. The highest BCUT2D eigenvalue weighted by molar-refractivity contribution is 6.33. The van der Waals surface area contributed by atoms with Crippen molar-refractivity contribution >= 4 is 17.6 Å². The van der Waals surface area contributed by atoms with Gasteiger partial charge >= 0.3 is 5.97 Å². The van der Waals surface area contributed by atoms with Crippen molar-refractivity contribution in [3.63, 3.8) is 0 Å². The van der Waals surface area contributed by atoms with Crippen LogP contribution in [0.1, 0.15) is 19.2 Å². The second kappa shape index (κ2) is 5.92. The van der Waals surface area contributed by atoms with Gasteiger partial charge in [0.25, 0.3) is 0 Å². The number of benzene rings is 1. The maximum Gasteiger partial charge on any atom is 0.303 e. The number of aliphatic carboxylic acids is 1. The van der Waals surface area contributed by atoms with Gasteiger partial charge in [0.1, 0.15) is 5.75 Å². The van der Waals surface area contributed by atoms with Gasteiger partial charge in [-0.3, -0.25) is 4.79 Å². The molecule has 2 rings (SSSR count). The van der Waals surface area contributed by atoms with Crippen LogP contribution >= 0.6 is 11.6 Å². The van der Waals surface area contributed by atoms with Gasteiger partial charge in [-0.2, -0.15) is 0 Å². The Labute approximate surface area is 120 Å². The summed E-state index contributed by atoms with van der Waals surface area (Å²) in [6, 6.07) is 4.42. The molecule has 1 atom stereocenters. The fourth-order valence-electron chi connectivity index (χ4n) is 1.79. The van der Waals surface area contributed by atoms with Crippen LogP contribution in [0.25, 0.3) is 11.5 Å². The Morgan fingerprint density at radius 2 is 2.20 bits per heavy atom. The molecule has 1 unspecified atom stereocenters. The molecule has 6 nitrogen and oxygen atoms in total. The molecule has 0 bridgehead atoms. The van der Waals surface area contributed by atoms with E-state index in [0.717, 1.165) is 0 Å². The van der Waals surface area contributed by atoms with Crippen molar-refractivity contribution in [3.05, 3.63) is 29.1 Å². The third kappa shape index (κ3) is 3.48. The summed E-state index contributed by atoms with van der Waals surface area (Å²) in [5.41, 5.74) is 0.441. The molecule has 0 saturated heterocycles. The number of phenolic OH excluding ortho intramolecular Hbond substituents is 1. The molecule has 1 aromatic heterocycles. The quantitative estimate of drug-likeness (QED) is 0.880. The number of carboxylic acids is 1. The van der Waals surface area contributed by atoms with E-state index in [1.54, 1.807) is 6.92 Å². The van der Waals surface area contributed by atoms with Crippen LogP contribution in [0.5, 0.6) is 5.75 Å². The fourth-order valence-corrected chi connectivity index (χ4v) is 1.99. The number of carbonyl (C=O) groups is 1. The first-order valence-electron chi connectivity index (χ1n) is 5.98. The van der Waals surface area contributed by atoms with Crippen molar-refractivity contribution < 1.29 is 19.4 Å². The van der Waals surface area contributed by atoms with Crippen molar-refractivity contribution in [1.82, 2.24) is 10.2 Å². The standard InChI is InChI=1S/C13H13ClN2O4/c1-7(5-12(18)19)4-11-15-16-13(20-11)9-6-8(17)2-3-10(9)14/h2-3,6-7,17H,4-5H2,1H3,(H,18,19). The first-order valence-corrected chi connectivity index (χ1v) is 6.36. The van der Waals surface area contributed by atoms with Gasteiger partial charge in [-0.25, -0.2) is 0 Å². The molecule has 106 valence electrons. The predicted octanol–water partition coefficient (Wildman–Crippen LogP) is 2.75. The Morgan fingerprint density at radius 3 is 2.90 bits per heavy atom. The molecule has 0 aliphatic heterocycles. The van der Waals surface area contributed by atoms with E-state index >= 15 is 0 Å². The molecule has 1 heterocycles. The molecule has 0 aliphatic carbocycles. The summed E-state index contributed by atoms with van der Waals surface area (Å²) in [5, 5.41) is 26.2. The van der Waals surface area contributed by atoms with Crippen LogP contribution in [0.15, 0.2) is 22.6 Å². The van der Waals surface area contributed by atoms with Gasteiger partial charge in [-0.15, -0.1) is 10.2 Å². The van der Waals surface area contributed by atoms with Gasteiger partial charge in [-0.05, 0) is 24.1 Å². The molecule has 2 aromatic rings. The smallest absolute Gasteiger partial charge is 0.303 e. The van der Waals surface area contributed by atoms with Crippen LogP contribution in [-0.4, -0.2) is 26.4 Å². The monoisotopic (exact) mass is 296 g/mol. The molecule has 0 amide bonds. The van der Waals surface area contributed by atoms with E-state index < -0.39 is 5.97 Å². The van der Waals surface area contributed by atoms with E-state index in [0.29, 0.717) is 22.9 Å². The number of carboxylic acid groups (broad SMARTS) is 1. The molecular weight excluding hydrogens is 284 g/mol. The Kier molecular flexibility index (Phi) is 4.24. The maximum absolute atomic E-state index is 10.6. The third-order valence-electron chi connectivity index (χ3n) is 2.69. The first-order chi connectivity index (χ1) is 9.45. The Bertz CT molecular complexity index is 627. The molecule has 0 radical (unpaired) electrons. The van der Waals surface area contributed by atoms with Crippen LogP contribution in [-0.2, 0) is 11.2 Å². The highest BCUT2D eigenvalue weighted by Gasteiger charge is 2.16. The van der Waals surface area contributed by atoms with E-state index in [9.17, 15) is 9.90 Å². The van der Waals surface area contributed by atoms with Gasteiger partial charge < -0.3 is 14.6 Å². The number of rotatable bonds is 5. The second-order valence-electron chi connectivity index (χ2n) is 4.57. The number of hydrogen-bond acceptors (Lipinski definition) is 5. The number of halogens is 1. The Balaban J connectivity index is 2.16. The summed E-state index contributed by atoms with van der Waals surface area (Å²) in [6.07, 6.45) is 0.403. The molecular formula is C13H13ClN2O4. The molecule has 0 aliphatic rings. The molecule has 0 fully saturated rings. The lowest BCUT2D eigenvalue weighted by Gasteiger charge is -2.03. The molecule has 2 N–H and O–H groups in total. The average molecular weight is 297 g/mol. The zero-order valence-corrected chi connectivity index (χ0v) is 11.5. The lowest BCUT2D eigenvalue weighted by Crippen LogP contribution is -2.07. The highest BCUT2D eigenvalue weighted by atomic mass is 35.5. The van der Waals surface area contributed by atoms with Crippen molar-refractivity contribution in [1.29, 1.82) is 0 Å². The van der Waals surface area contributed by atoms with E-state index in [-0.39, 0.29) is 24.0 Å². The van der Waals surface area contributed by atoms with Gasteiger partial charge in [0.15, 0.2) is 0 Å². The summed E-state index contributed by atoms with van der Waals surface area (Å²) in [5.74, 6) is -0.395. The highest BCUT2D eigenvalue weighted by Crippen LogP contribution is 2.30. The molecule has 1 aromatic carbocycles. The number of hydrogen-bond donors (Lipinski definition) is 2. The molecule has 0 saturated carbocycles. The van der Waals surface area contributed by atoms with Gasteiger partial charge in [0, 0.05) is 12.8 Å². The summed E-state index contributed by atoms with van der Waals surface area (Å²) in [4.78, 5) is 10.6. The maximum atomic E-state index is 10.6. The molecule has 7 heteroatoms. The Hall–Kier alpha value is -2.08. The normalized spacial score (nSPS) is 12.3. The fraction of sp³-hybridized carbons (Fsp3) is 0.308. The minimum absolute atomic E-state index is 0.0323. The van der Waals surface area contributed by atoms with Gasteiger partial charge in [0.2, 0.25) is 11.8 Å². The van der Waals surface area contributed by atoms with Gasteiger partial charge in [-0.1, -0.05) is 18.5 Å². The van der Waals surface area contributed by atoms with Crippen molar-refractivity contribution in [3.8, 4) is 17.2 Å². The van der Waals surface area contributed by atoms with E-state index in [2.05, 4.69) is 10.2 Å². The topological polar surface area (TPSA) is 96.5 Å². The summed E-state index contributed by atoms with van der Waals surface area (Å²) < 4.78 is 5.45. The van der Waals surface area contributed by atoms with Crippen molar-refractivity contribution in [2.45, 2.75) is 19.8 Å². The number of aromatic hydroxyl groups is 1. The van der Waals surface area contributed by atoms with E-state index in [4.69, 9.17) is 21.1 Å². The van der Waals surface area contributed by atoms with E-state index in [1.807, 2.05) is 0 Å². The number of aromatic nitrogens is 2. The molecule has 0 spiro atoms. The minimum Gasteiger partial charge on any atom is -0.508 e. The van der Waals surface area contributed by atoms with Crippen LogP contribution < -0.4 is 0 Å². The summed E-state index contributed by atoms with van der Waals surface area (Å²) in [6.45, 7) is 1.79. The van der Waals surface area contributed by atoms with Crippen molar-refractivity contribution in [2.75, 3.05) is 0 Å². The lowest BCUT2D eigenvalue weighted by atomic mass is 10.0. The van der Waals surface area contributed by atoms with E-state index in [1.165, 1.54) is 18.2 Å². The lowest BCUT2D eigenvalue weighted by molar-refractivity contribution is -0.137. The van der Waals surface area contributed by atoms with Crippen LogP contribution in [0.4, 0.5) is 0 Å². The van der Waals surface area contributed by atoms with Gasteiger partial charge in [0.05, 0.1) is 10.6 Å². The Morgan fingerprint density at radius 1 is 1.45 bits per heavy atom. The van der Waals surface area contributed by atoms with Crippen LogP contribution in [0.3, 0.4) is 0 Å². The number of nitrogens with zero attached hydrogens (tertiary/aromatic N) is 2. The SMILES string of the molecule is CC(CC(=O)O)Cc1nnc(-c2cc(O)ccc2Cl)o1. The van der Waals surface area contributed by atoms with Crippen LogP contribution in [0.2, 0.25) is 5.02 Å². The zero-order valence-electron chi connectivity index (χ0n) is 10.7. The third-order valence-corrected chi connectivity index (χ3v) is 3.02. The largest absolute Gasteiger partial charge is 0.508 e. The summed E-state index contributed by atoms with van der Waals surface area (Å²) in [7, 11) is 0. The minimum atomic E-state index is -0.867.